The molecule has 0 saturated carbocycles. The summed E-state index contributed by atoms with van der Waals surface area (Å²) >= 11 is 6.64. The van der Waals surface area contributed by atoms with Crippen molar-refractivity contribution in [2.24, 2.45) is 0 Å². The standard InChI is InChI=1S/C32H34ClN3O7/c1-3-36-16-21(14-35-36)18-42-29-13-30(26(33)11-24(29)15-34-27(17-37)32(38)39)43-19-23-5-4-6-25(20(23)2)22-7-8-28-31(12-22)41-10-9-40-28/h4-8,11-14,16,27,34,37H,3,9-10,15,17-19H2,1-2H3,(H,38,39). The maximum absolute atomic E-state index is 11.4. The number of fused-ring (bicyclic) bond motifs is 1. The maximum atomic E-state index is 11.4. The average molecular weight is 608 g/mol. The van der Waals surface area contributed by atoms with Crippen molar-refractivity contribution in [3.63, 3.8) is 0 Å². The summed E-state index contributed by atoms with van der Waals surface area (Å²) in [5.41, 5.74) is 5.61. The summed E-state index contributed by atoms with van der Waals surface area (Å²) in [7, 11) is 0. The van der Waals surface area contributed by atoms with E-state index in [4.69, 9.17) is 30.5 Å². The van der Waals surface area contributed by atoms with Crippen LogP contribution in [0.15, 0.2) is 60.9 Å². The van der Waals surface area contributed by atoms with Gasteiger partial charge in [-0.05, 0) is 54.3 Å². The number of aryl methyl sites for hydroxylation is 1. The van der Waals surface area contributed by atoms with Gasteiger partial charge in [0.2, 0.25) is 0 Å². The Labute approximate surface area is 254 Å². The number of carboxylic acids is 1. The average Bonchev–Trinajstić information content (AvgIpc) is 3.48. The van der Waals surface area contributed by atoms with E-state index >= 15 is 0 Å². The Balaban J connectivity index is 1.36. The normalized spacial score (nSPS) is 13.0. The Morgan fingerprint density at radius 3 is 2.60 bits per heavy atom. The number of carboxylic acid groups (broad SMARTS) is 1. The Kier molecular flexibility index (Phi) is 9.71. The Morgan fingerprint density at radius 1 is 1.07 bits per heavy atom. The van der Waals surface area contributed by atoms with Crippen molar-refractivity contribution in [3.05, 3.63) is 88.2 Å². The van der Waals surface area contributed by atoms with Gasteiger partial charge < -0.3 is 29.2 Å². The largest absolute Gasteiger partial charge is 0.488 e. The number of hydrogen-bond donors (Lipinski definition) is 3. The monoisotopic (exact) mass is 607 g/mol. The first kappa shape index (κ1) is 30.2. The van der Waals surface area contributed by atoms with Crippen LogP contribution in [0.5, 0.6) is 23.0 Å². The second kappa shape index (κ2) is 13.8. The molecule has 0 saturated heterocycles. The molecule has 0 fully saturated rings. The smallest absolute Gasteiger partial charge is 0.323 e. The molecule has 226 valence electrons. The second-order valence-corrected chi connectivity index (χ2v) is 10.5. The number of aliphatic carboxylic acids is 1. The highest BCUT2D eigenvalue weighted by molar-refractivity contribution is 6.32. The summed E-state index contributed by atoms with van der Waals surface area (Å²) in [5.74, 6) is 1.21. The van der Waals surface area contributed by atoms with Gasteiger partial charge in [0.05, 0.1) is 17.8 Å². The van der Waals surface area contributed by atoms with Crippen LogP contribution in [0.25, 0.3) is 11.1 Å². The van der Waals surface area contributed by atoms with E-state index in [1.165, 1.54) is 0 Å². The molecule has 11 heteroatoms. The molecule has 10 nitrogen and oxygen atoms in total. The molecule has 43 heavy (non-hydrogen) atoms. The van der Waals surface area contributed by atoms with Crippen LogP contribution >= 0.6 is 11.6 Å². The number of nitrogens with zero attached hydrogens (tertiary/aromatic N) is 2. The quantitative estimate of drug-likeness (QED) is 0.193. The fourth-order valence-corrected chi connectivity index (χ4v) is 5.00. The van der Waals surface area contributed by atoms with Crippen LogP contribution in [0, 0.1) is 6.92 Å². The zero-order chi connectivity index (χ0) is 30.3. The first-order valence-corrected chi connectivity index (χ1v) is 14.4. The molecule has 0 aliphatic carbocycles. The predicted molar refractivity (Wildman–Crippen MR) is 161 cm³/mol. The van der Waals surface area contributed by atoms with Crippen LogP contribution in [-0.2, 0) is 31.1 Å². The van der Waals surface area contributed by atoms with Gasteiger partial charge in [-0.25, -0.2) is 0 Å². The minimum absolute atomic E-state index is 0.109. The Hall–Kier alpha value is -4.25. The molecule has 4 aromatic rings. The predicted octanol–water partition coefficient (Wildman–Crippen LogP) is 5.00. The first-order valence-electron chi connectivity index (χ1n) is 14.0. The van der Waals surface area contributed by atoms with Gasteiger partial charge in [-0.3, -0.25) is 14.8 Å². The van der Waals surface area contributed by atoms with Gasteiger partial charge in [-0.15, -0.1) is 0 Å². The van der Waals surface area contributed by atoms with Gasteiger partial charge >= 0.3 is 5.97 Å². The summed E-state index contributed by atoms with van der Waals surface area (Å²) in [6, 6.07) is 14.2. The van der Waals surface area contributed by atoms with Crippen molar-refractivity contribution in [2.45, 2.75) is 46.2 Å². The van der Waals surface area contributed by atoms with Crippen LogP contribution in [0.4, 0.5) is 0 Å². The molecule has 1 aromatic heterocycles. The Bertz CT molecular complexity index is 1590. The van der Waals surface area contributed by atoms with Crippen molar-refractivity contribution < 1.29 is 34.0 Å². The molecular weight excluding hydrogens is 574 g/mol. The molecule has 1 atom stereocenters. The number of ether oxygens (including phenoxy) is 4. The highest BCUT2D eigenvalue weighted by Gasteiger charge is 2.19. The molecular formula is C32H34ClN3O7. The number of carbonyl (C=O) groups is 1. The Morgan fingerprint density at radius 2 is 1.86 bits per heavy atom. The van der Waals surface area contributed by atoms with Crippen LogP contribution in [-0.4, -0.2) is 51.8 Å². The molecule has 3 N–H and O–H groups in total. The summed E-state index contributed by atoms with van der Waals surface area (Å²) in [5, 5.41) is 26.2. The van der Waals surface area contributed by atoms with Crippen LogP contribution < -0.4 is 24.3 Å². The third-order valence-electron chi connectivity index (χ3n) is 7.22. The second-order valence-electron chi connectivity index (χ2n) is 10.1. The third-order valence-corrected chi connectivity index (χ3v) is 7.52. The number of rotatable bonds is 13. The molecule has 1 aliphatic rings. The van der Waals surface area contributed by atoms with E-state index in [2.05, 4.69) is 16.5 Å². The van der Waals surface area contributed by atoms with E-state index < -0.39 is 18.6 Å². The van der Waals surface area contributed by atoms with E-state index in [1.807, 2.05) is 50.4 Å². The number of benzene rings is 3. The van der Waals surface area contributed by atoms with E-state index in [1.54, 1.807) is 23.0 Å². The summed E-state index contributed by atoms with van der Waals surface area (Å²) in [4.78, 5) is 11.4. The van der Waals surface area contributed by atoms with Gasteiger partial charge in [-0.1, -0.05) is 35.9 Å². The highest BCUT2D eigenvalue weighted by Crippen LogP contribution is 2.37. The summed E-state index contributed by atoms with van der Waals surface area (Å²) in [6.45, 7) is 5.90. The topological polar surface area (TPSA) is 124 Å². The van der Waals surface area contributed by atoms with Gasteiger partial charge in [0.25, 0.3) is 0 Å². The molecule has 0 bridgehead atoms. The number of halogens is 1. The number of nitrogens with one attached hydrogen (secondary N) is 1. The molecule has 2 heterocycles. The zero-order valence-electron chi connectivity index (χ0n) is 24.0. The van der Waals surface area contributed by atoms with Crippen molar-refractivity contribution in [1.29, 1.82) is 0 Å². The van der Waals surface area contributed by atoms with Gasteiger partial charge in [0.15, 0.2) is 11.5 Å². The fourth-order valence-electron chi connectivity index (χ4n) is 4.76. The molecule has 3 aromatic carbocycles. The van der Waals surface area contributed by atoms with E-state index in [-0.39, 0.29) is 19.8 Å². The molecule has 1 unspecified atom stereocenters. The van der Waals surface area contributed by atoms with Crippen molar-refractivity contribution >= 4 is 17.6 Å². The molecule has 0 spiro atoms. The minimum Gasteiger partial charge on any atom is -0.488 e. The van der Waals surface area contributed by atoms with Crippen LogP contribution in [0.2, 0.25) is 5.02 Å². The number of aromatic nitrogens is 2. The van der Waals surface area contributed by atoms with Crippen LogP contribution in [0.1, 0.15) is 29.2 Å². The molecule has 0 radical (unpaired) electrons. The number of aliphatic hydroxyl groups is 1. The lowest BCUT2D eigenvalue weighted by atomic mass is 9.96. The van der Waals surface area contributed by atoms with E-state index in [0.717, 1.165) is 45.9 Å². The summed E-state index contributed by atoms with van der Waals surface area (Å²) < 4.78 is 25.6. The lowest BCUT2D eigenvalue weighted by Crippen LogP contribution is -2.39. The van der Waals surface area contributed by atoms with E-state index in [0.29, 0.717) is 35.3 Å². The van der Waals surface area contributed by atoms with Crippen LogP contribution in [0.3, 0.4) is 0 Å². The van der Waals surface area contributed by atoms with Crippen molar-refractivity contribution in [3.8, 4) is 34.1 Å². The SMILES string of the molecule is CCn1cc(COc2cc(OCc3cccc(-c4ccc5c(c4)OCCO5)c3C)c(Cl)cc2CNC(CO)C(=O)O)cn1. The number of hydrogen-bond acceptors (Lipinski definition) is 8. The highest BCUT2D eigenvalue weighted by atomic mass is 35.5. The maximum Gasteiger partial charge on any atom is 0.323 e. The third kappa shape index (κ3) is 7.22. The number of aliphatic hydroxyl groups excluding tert-OH is 1. The molecule has 1 aliphatic heterocycles. The fraction of sp³-hybridized carbons (Fsp3) is 0.312. The molecule has 0 amide bonds. The van der Waals surface area contributed by atoms with Crippen molar-refractivity contribution in [2.75, 3.05) is 19.8 Å². The van der Waals surface area contributed by atoms with Crippen molar-refractivity contribution in [1.82, 2.24) is 15.1 Å². The van der Waals surface area contributed by atoms with Gasteiger partial charge in [0.1, 0.15) is 44.0 Å². The summed E-state index contributed by atoms with van der Waals surface area (Å²) in [6.07, 6.45) is 3.63. The first-order chi connectivity index (χ1) is 20.9. The van der Waals surface area contributed by atoms with Gasteiger partial charge in [0, 0.05) is 36.5 Å². The lowest BCUT2D eigenvalue weighted by Gasteiger charge is -2.20. The zero-order valence-corrected chi connectivity index (χ0v) is 24.8. The van der Waals surface area contributed by atoms with E-state index in [9.17, 15) is 15.0 Å². The van der Waals surface area contributed by atoms with Gasteiger partial charge in [-0.2, -0.15) is 5.10 Å². The molecule has 5 rings (SSSR count). The lowest BCUT2D eigenvalue weighted by molar-refractivity contribution is -0.140. The minimum atomic E-state index is -1.16.